The predicted octanol–water partition coefficient (Wildman–Crippen LogP) is 7.02. The Kier molecular flexibility index (Phi) is 17.5. The molecule has 0 bridgehead atoms. The van der Waals surface area contributed by atoms with E-state index in [0.29, 0.717) is 19.4 Å². The van der Waals surface area contributed by atoms with Crippen LogP contribution in [-0.4, -0.2) is 24.5 Å². The zero-order valence-electron chi connectivity index (χ0n) is 19.6. The van der Waals surface area contributed by atoms with Crippen molar-refractivity contribution in [3.05, 3.63) is 12.2 Å². The van der Waals surface area contributed by atoms with E-state index in [1.165, 1.54) is 96.3 Å². The maximum absolute atomic E-state index is 11.7. The zero-order valence-corrected chi connectivity index (χ0v) is 19.6. The lowest BCUT2D eigenvalue weighted by Crippen LogP contribution is -2.34. The molecule has 1 atom stereocenters. The minimum Gasteiger partial charge on any atom is -0.464 e. The lowest BCUT2D eigenvalue weighted by atomic mass is 10.0. The number of unbranched alkanes of at least 4 members (excludes halogenated alkanes) is 16. The van der Waals surface area contributed by atoms with Crippen LogP contribution in [0, 0.1) is 0 Å². The summed E-state index contributed by atoms with van der Waals surface area (Å²) in [5, 5.41) is 2.65. The molecule has 1 aliphatic rings. The van der Waals surface area contributed by atoms with E-state index in [9.17, 15) is 9.59 Å². The highest BCUT2D eigenvalue weighted by molar-refractivity contribution is 5.87. The molecule has 1 N–H and O–H groups in total. The second-order valence-corrected chi connectivity index (χ2v) is 8.84. The first-order chi connectivity index (χ1) is 14.7. The number of nitrogens with one attached hydrogen (secondary N) is 1. The normalized spacial score (nSPS) is 16.3. The van der Waals surface area contributed by atoms with Crippen LogP contribution in [0.5, 0.6) is 0 Å². The third kappa shape index (κ3) is 15.5. The first kappa shape index (κ1) is 26.7. The largest absolute Gasteiger partial charge is 0.464 e. The van der Waals surface area contributed by atoms with E-state index in [1.807, 2.05) is 0 Å². The van der Waals surface area contributed by atoms with E-state index in [1.54, 1.807) is 0 Å². The Hall–Kier alpha value is -1.32. The van der Waals surface area contributed by atoms with Gasteiger partial charge in [0.05, 0.1) is 6.61 Å². The highest BCUT2D eigenvalue weighted by atomic mass is 16.5. The molecular weight excluding hydrogens is 374 g/mol. The van der Waals surface area contributed by atoms with E-state index in [4.69, 9.17) is 4.74 Å². The molecule has 0 spiro atoms. The molecule has 0 aromatic rings. The van der Waals surface area contributed by atoms with Crippen molar-refractivity contribution in [1.82, 2.24) is 5.32 Å². The summed E-state index contributed by atoms with van der Waals surface area (Å²) in [6.45, 7) is 2.59. The fraction of sp³-hybridized carbons (Fsp3) is 0.846. The van der Waals surface area contributed by atoms with Gasteiger partial charge in [-0.1, -0.05) is 102 Å². The van der Waals surface area contributed by atoms with Gasteiger partial charge in [-0.3, -0.25) is 4.79 Å². The molecule has 4 heteroatoms. The van der Waals surface area contributed by atoms with Gasteiger partial charge < -0.3 is 10.1 Å². The first-order valence-electron chi connectivity index (χ1n) is 12.8. The van der Waals surface area contributed by atoms with Gasteiger partial charge in [-0.2, -0.15) is 0 Å². The second-order valence-electron chi connectivity index (χ2n) is 8.84. The molecule has 1 heterocycles. The summed E-state index contributed by atoms with van der Waals surface area (Å²) in [4.78, 5) is 22.8. The molecular formula is C26H47NO3. The van der Waals surface area contributed by atoms with E-state index in [2.05, 4.69) is 24.4 Å². The summed E-state index contributed by atoms with van der Waals surface area (Å²) >= 11 is 0. The molecule has 0 radical (unpaired) electrons. The Labute approximate surface area is 185 Å². The monoisotopic (exact) mass is 421 g/mol. The number of rotatable bonds is 20. The summed E-state index contributed by atoms with van der Waals surface area (Å²) in [5.74, 6) is -0.306. The molecule has 1 amide bonds. The lowest BCUT2D eigenvalue weighted by Gasteiger charge is -2.09. The standard InChI is InChI=1S/C26H47NO3/c1-2-3-4-5-6-7-8-9-10-11-12-13-14-15-16-17-18-19-20-23-30-26(29)24-21-22-25(28)27-24/h2-3,24H,4-23H2,1H3,(H,27,28)/b3-2+/t24-/m0/s1. The SMILES string of the molecule is C/C=C/CCCCCCCCCCCCCCCCCCOC(=O)[C@@H]1CCC(=O)N1. The summed E-state index contributed by atoms with van der Waals surface area (Å²) in [5.41, 5.74) is 0. The van der Waals surface area contributed by atoms with Crippen molar-refractivity contribution in [2.45, 2.75) is 135 Å². The van der Waals surface area contributed by atoms with Crippen molar-refractivity contribution < 1.29 is 14.3 Å². The minimum atomic E-state index is -0.407. The number of amides is 1. The summed E-state index contributed by atoms with van der Waals surface area (Å²) in [6, 6.07) is -0.407. The fourth-order valence-electron chi connectivity index (χ4n) is 4.07. The predicted molar refractivity (Wildman–Crippen MR) is 125 cm³/mol. The Morgan fingerprint density at radius 1 is 0.833 bits per heavy atom. The van der Waals surface area contributed by atoms with E-state index in [0.717, 1.165) is 12.8 Å². The van der Waals surface area contributed by atoms with Gasteiger partial charge in [0.1, 0.15) is 6.04 Å². The number of ether oxygens (including phenoxy) is 1. The maximum Gasteiger partial charge on any atom is 0.328 e. The fourth-order valence-corrected chi connectivity index (χ4v) is 4.07. The van der Waals surface area contributed by atoms with Crippen LogP contribution in [0.15, 0.2) is 12.2 Å². The number of carbonyl (C=O) groups excluding carboxylic acids is 2. The molecule has 1 aliphatic heterocycles. The Morgan fingerprint density at radius 2 is 1.30 bits per heavy atom. The summed E-state index contributed by atoms with van der Waals surface area (Å²) in [6.07, 6.45) is 28.0. The number of allylic oxidation sites excluding steroid dienone is 2. The van der Waals surface area contributed by atoms with Crippen LogP contribution >= 0.6 is 0 Å². The minimum absolute atomic E-state index is 0.0429. The van der Waals surface area contributed by atoms with Crippen molar-refractivity contribution in [1.29, 1.82) is 0 Å². The van der Waals surface area contributed by atoms with Crippen LogP contribution in [0.2, 0.25) is 0 Å². The zero-order chi connectivity index (χ0) is 21.7. The molecule has 1 rings (SSSR count). The van der Waals surface area contributed by atoms with Crippen LogP contribution in [0.4, 0.5) is 0 Å². The highest BCUT2D eigenvalue weighted by Gasteiger charge is 2.28. The van der Waals surface area contributed by atoms with Crippen LogP contribution < -0.4 is 5.32 Å². The van der Waals surface area contributed by atoms with Crippen LogP contribution in [0.1, 0.15) is 129 Å². The van der Waals surface area contributed by atoms with E-state index < -0.39 is 6.04 Å². The molecule has 174 valence electrons. The van der Waals surface area contributed by atoms with Gasteiger partial charge in [-0.15, -0.1) is 0 Å². The molecule has 1 saturated heterocycles. The molecule has 0 aromatic carbocycles. The van der Waals surface area contributed by atoms with Gasteiger partial charge in [0.25, 0.3) is 0 Å². The topological polar surface area (TPSA) is 55.4 Å². The van der Waals surface area contributed by atoms with Gasteiger partial charge in [-0.25, -0.2) is 4.79 Å². The van der Waals surface area contributed by atoms with Gasteiger partial charge in [0.15, 0.2) is 0 Å². The molecule has 4 nitrogen and oxygen atoms in total. The number of esters is 1. The van der Waals surface area contributed by atoms with Crippen molar-refractivity contribution in [2.75, 3.05) is 6.61 Å². The first-order valence-corrected chi connectivity index (χ1v) is 12.8. The highest BCUT2D eigenvalue weighted by Crippen LogP contribution is 2.14. The summed E-state index contributed by atoms with van der Waals surface area (Å²) < 4.78 is 5.25. The van der Waals surface area contributed by atoms with Crippen molar-refractivity contribution in [3.8, 4) is 0 Å². The van der Waals surface area contributed by atoms with Crippen LogP contribution in [-0.2, 0) is 14.3 Å². The van der Waals surface area contributed by atoms with Crippen molar-refractivity contribution in [3.63, 3.8) is 0 Å². The Balaban J connectivity index is 1.70. The Morgan fingerprint density at radius 3 is 1.73 bits per heavy atom. The molecule has 1 fully saturated rings. The third-order valence-corrected chi connectivity index (χ3v) is 6.02. The molecule has 0 aromatic heterocycles. The number of carbonyl (C=O) groups is 2. The van der Waals surface area contributed by atoms with Gasteiger partial charge in [-0.05, 0) is 32.6 Å². The van der Waals surface area contributed by atoms with Crippen LogP contribution in [0.3, 0.4) is 0 Å². The average Bonchev–Trinajstić information content (AvgIpc) is 3.18. The van der Waals surface area contributed by atoms with Gasteiger partial charge >= 0.3 is 5.97 Å². The van der Waals surface area contributed by atoms with Gasteiger partial charge in [0, 0.05) is 6.42 Å². The summed E-state index contributed by atoms with van der Waals surface area (Å²) in [7, 11) is 0. The van der Waals surface area contributed by atoms with Crippen molar-refractivity contribution in [2.24, 2.45) is 0 Å². The van der Waals surface area contributed by atoms with Crippen molar-refractivity contribution >= 4 is 11.9 Å². The smallest absolute Gasteiger partial charge is 0.328 e. The van der Waals surface area contributed by atoms with E-state index >= 15 is 0 Å². The van der Waals surface area contributed by atoms with E-state index in [-0.39, 0.29) is 11.9 Å². The molecule has 0 aliphatic carbocycles. The Bertz CT molecular complexity index is 461. The molecule has 30 heavy (non-hydrogen) atoms. The second kappa shape index (κ2) is 19.6. The maximum atomic E-state index is 11.7. The third-order valence-electron chi connectivity index (χ3n) is 6.02. The lowest BCUT2D eigenvalue weighted by molar-refractivity contribution is -0.146. The molecule has 0 unspecified atom stereocenters. The van der Waals surface area contributed by atoms with Crippen LogP contribution in [0.25, 0.3) is 0 Å². The van der Waals surface area contributed by atoms with Gasteiger partial charge in [0.2, 0.25) is 5.91 Å². The molecule has 0 saturated carbocycles. The quantitative estimate of drug-likeness (QED) is 0.131. The number of hydrogen-bond donors (Lipinski definition) is 1. The average molecular weight is 422 g/mol. The number of hydrogen-bond acceptors (Lipinski definition) is 3.